The van der Waals surface area contributed by atoms with E-state index in [2.05, 4.69) is 30.1 Å². The van der Waals surface area contributed by atoms with E-state index in [0.29, 0.717) is 6.04 Å². The van der Waals surface area contributed by atoms with Crippen molar-refractivity contribution >= 4 is 5.69 Å². The summed E-state index contributed by atoms with van der Waals surface area (Å²) in [4.78, 5) is 2.20. The van der Waals surface area contributed by atoms with Crippen LogP contribution in [-0.4, -0.2) is 19.1 Å². The fourth-order valence-electron chi connectivity index (χ4n) is 3.84. The number of rotatable bonds is 4. The van der Waals surface area contributed by atoms with Gasteiger partial charge in [0.2, 0.25) is 0 Å². The molecule has 1 N–H and O–H groups in total. The molecule has 2 fully saturated rings. The summed E-state index contributed by atoms with van der Waals surface area (Å²) in [6, 6.07) is 6.66. The number of piperidine rings is 1. The Morgan fingerprint density at radius 1 is 1.14 bits per heavy atom. The van der Waals surface area contributed by atoms with Gasteiger partial charge in [0.15, 0.2) is 0 Å². The highest BCUT2D eigenvalue weighted by Gasteiger charge is 2.21. The molecule has 1 aliphatic heterocycles. The molecular weight excluding hydrogens is 275 g/mol. The second-order valence-electron chi connectivity index (χ2n) is 7.25. The van der Waals surface area contributed by atoms with E-state index < -0.39 is 0 Å². The molecule has 3 heteroatoms. The lowest BCUT2D eigenvalue weighted by Crippen LogP contribution is -2.33. The molecule has 0 spiro atoms. The Labute approximate surface area is 134 Å². The van der Waals surface area contributed by atoms with E-state index in [1.807, 2.05) is 6.07 Å². The molecule has 2 nitrogen and oxygen atoms in total. The third-order valence-corrected chi connectivity index (χ3v) is 5.44. The van der Waals surface area contributed by atoms with Crippen LogP contribution in [0.5, 0.6) is 0 Å². The van der Waals surface area contributed by atoms with Crippen molar-refractivity contribution in [3.63, 3.8) is 0 Å². The van der Waals surface area contributed by atoms with Gasteiger partial charge in [-0.25, -0.2) is 4.39 Å². The van der Waals surface area contributed by atoms with E-state index in [0.717, 1.165) is 30.3 Å². The van der Waals surface area contributed by atoms with Gasteiger partial charge in [-0.2, -0.15) is 0 Å². The summed E-state index contributed by atoms with van der Waals surface area (Å²) in [7, 11) is 0. The standard InChI is InChI=1S/C19H29FN2/c1-14-9-11-22(12-10-14)19-8-7-16(13-18(19)20)15(2)21-17-5-3-4-6-17/h7-8,13-15,17,21H,3-6,9-12H2,1-2H3/t15-/m0/s1. The number of hydrogen-bond acceptors (Lipinski definition) is 2. The lowest BCUT2D eigenvalue weighted by molar-refractivity contribution is 0.434. The van der Waals surface area contributed by atoms with Crippen molar-refractivity contribution in [2.45, 2.75) is 64.5 Å². The van der Waals surface area contributed by atoms with Crippen LogP contribution >= 0.6 is 0 Å². The zero-order chi connectivity index (χ0) is 15.5. The minimum Gasteiger partial charge on any atom is -0.369 e. The first-order valence-electron chi connectivity index (χ1n) is 8.94. The van der Waals surface area contributed by atoms with E-state index in [-0.39, 0.29) is 11.9 Å². The van der Waals surface area contributed by atoms with Crippen molar-refractivity contribution in [2.75, 3.05) is 18.0 Å². The number of nitrogens with one attached hydrogen (secondary N) is 1. The van der Waals surface area contributed by atoms with Gasteiger partial charge in [-0.15, -0.1) is 0 Å². The van der Waals surface area contributed by atoms with Crippen LogP contribution in [-0.2, 0) is 0 Å². The average Bonchev–Trinajstić information content (AvgIpc) is 3.01. The quantitative estimate of drug-likeness (QED) is 0.870. The predicted octanol–water partition coefficient (Wildman–Crippen LogP) is 4.66. The van der Waals surface area contributed by atoms with Gasteiger partial charge in [0.1, 0.15) is 5.82 Å². The third kappa shape index (κ3) is 3.62. The Hall–Kier alpha value is -1.09. The fraction of sp³-hybridized carbons (Fsp3) is 0.684. The van der Waals surface area contributed by atoms with Gasteiger partial charge in [-0.05, 0) is 56.2 Å². The van der Waals surface area contributed by atoms with E-state index in [1.165, 1.54) is 38.5 Å². The molecule has 3 rings (SSSR count). The Morgan fingerprint density at radius 2 is 1.82 bits per heavy atom. The predicted molar refractivity (Wildman–Crippen MR) is 90.8 cm³/mol. The maximum absolute atomic E-state index is 14.5. The molecule has 22 heavy (non-hydrogen) atoms. The molecule has 0 amide bonds. The van der Waals surface area contributed by atoms with Gasteiger partial charge in [-0.1, -0.05) is 25.8 Å². The molecule has 1 aliphatic carbocycles. The highest BCUT2D eigenvalue weighted by molar-refractivity contribution is 5.50. The monoisotopic (exact) mass is 304 g/mol. The summed E-state index contributed by atoms with van der Waals surface area (Å²) in [6.45, 7) is 6.39. The van der Waals surface area contributed by atoms with Gasteiger partial charge in [-0.3, -0.25) is 0 Å². The molecule has 0 bridgehead atoms. The number of nitrogens with zero attached hydrogens (tertiary/aromatic N) is 1. The minimum atomic E-state index is -0.0628. The highest BCUT2D eigenvalue weighted by atomic mass is 19.1. The van der Waals surface area contributed by atoms with Gasteiger partial charge < -0.3 is 10.2 Å². The first kappa shape index (κ1) is 15.8. The van der Waals surface area contributed by atoms with Gasteiger partial charge >= 0.3 is 0 Å². The molecule has 0 unspecified atom stereocenters. The summed E-state index contributed by atoms with van der Waals surface area (Å²) in [5, 5.41) is 3.65. The molecule has 1 atom stereocenters. The van der Waals surface area contributed by atoms with Gasteiger partial charge in [0.05, 0.1) is 5.69 Å². The van der Waals surface area contributed by atoms with Crippen LogP contribution in [0.4, 0.5) is 10.1 Å². The maximum atomic E-state index is 14.5. The number of halogens is 1. The van der Waals surface area contributed by atoms with E-state index in [4.69, 9.17) is 0 Å². The van der Waals surface area contributed by atoms with Crippen LogP contribution in [0.3, 0.4) is 0 Å². The molecule has 0 radical (unpaired) electrons. The minimum absolute atomic E-state index is 0.0628. The molecule has 1 aromatic rings. The topological polar surface area (TPSA) is 15.3 Å². The van der Waals surface area contributed by atoms with Crippen molar-refractivity contribution in [3.8, 4) is 0 Å². The van der Waals surface area contributed by atoms with Crippen molar-refractivity contribution in [1.29, 1.82) is 0 Å². The van der Waals surface area contributed by atoms with Crippen LogP contribution in [0.2, 0.25) is 0 Å². The summed E-state index contributed by atoms with van der Waals surface area (Å²) in [5.41, 5.74) is 1.85. The fourth-order valence-corrected chi connectivity index (χ4v) is 3.84. The Bertz CT molecular complexity index is 488. The molecule has 0 aromatic heterocycles. The van der Waals surface area contributed by atoms with Crippen molar-refractivity contribution in [2.24, 2.45) is 5.92 Å². The van der Waals surface area contributed by atoms with Crippen molar-refractivity contribution < 1.29 is 4.39 Å². The summed E-state index contributed by atoms with van der Waals surface area (Å²) >= 11 is 0. The Morgan fingerprint density at radius 3 is 2.45 bits per heavy atom. The SMILES string of the molecule is CC1CCN(c2ccc([C@H](C)NC3CCCC3)cc2F)CC1. The zero-order valence-electron chi connectivity index (χ0n) is 13.9. The van der Waals surface area contributed by atoms with Crippen LogP contribution in [0.1, 0.15) is 64.0 Å². The van der Waals surface area contributed by atoms with Crippen LogP contribution in [0.25, 0.3) is 0 Å². The first-order chi connectivity index (χ1) is 10.6. The summed E-state index contributed by atoms with van der Waals surface area (Å²) < 4.78 is 14.5. The van der Waals surface area contributed by atoms with Crippen LogP contribution in [0, 0.1) is 11.7 Å². The molecule has 1 aromatic carbocycles. The Balaban J connectivity index is 1.66. The molecule has 2 aliphatic rings. The van der Waals surface area contributed by atoms with E-state index in [1.54, 1.807) is 6.07 Å². The van der Waals surface area contributed by atoms with E-state index in [9.17, 15) is 4.39 Å². The normalized spacial score (nSPS) is 22.2. The van der Waals surface area contributed by atoms with Crippen LogP contribution in [0.15, 0.2) is 18.2 Å². The van der Waals surface area contributed by atoms with Crippen molar-refractivity contribution in [3.05, 3.63) is 29.6 Å². The molecular formula is C19H29FN2. The number of benzene rings is 1. The maximum Gasteiger partial charge on any atom is 0.146 e. The summed E-state index contributed by atoms with van der Waals surface area (Å²) in [6.07, 6.45) is 7.51. The largest absolute Gasteiger partial charge is 0.369 e. The second-order valence-corrected chi connectivity index (χ2v) is 7.25. The molecule has 1 saturated carbocycles. The lowest BCUT2D eigenvalue weighted by Gasteiger charge is -2.32. The molecule has 1 saturated heterocycles. The second kappa shape index (κ2) is 6.99. The first-order valence-corrected chi connectivity index (χ1v) is 8.94. The summed E-state index contributed by atoms with van der Waals surface area (Å²) in [5.74, 6) is 0.710. The highest BCUT2D eigenvalue weighted by Crippen LogP contribution is 2.28. The average molecular weight is 304 g/mol. The van der Waals surface area contributed by atoms with E-state index >= 15 is 0 Å². The van der Waals surface area contributed by atoms with Crippen LogP contribution < -0.4 is 10.2 Å². The lowest BCUT2D eigenvalue weighted by atomic mass is 9.98. The molecule has 122 valence electrons. The number of anilines is 1. The molecule has 1 heterocycles. The smallest absolute Gasteiger partial charge is 0.146 e. The van der Waals surface area contributed by atoms with Gasteiger partial charge in [0.25, 0.3) is 0 Å². The third-order valence-electron chi connectivity index (χ3n) is 5.44. The Kier molecular flexibility index (Phi) is 5.02. The number of hydrogen-bond donors (Lipinski definition) is 1. The van der Waals surface area contributed by atoms with Gasteiger partial charge in [0, 0.05) is 25.2 Å². The van der Waals surface area contributed by atoms with Crippen molar-refractivity contribution in [1.82, 2.24) is 5.32 Å². The zero-order valence-corrected chi connectivity index (χ0v) is 13.9.